The molecule has 1 heterocycles. The van der Waals surface area contributed by atoms with Crippen LogP contribution in [0, 0.1) is 0 Å². The van der Waals surface area contributed by atoms with Crippen molar-refractivity contribution in [2.75, 3.05) is 19.6 Å². The molecular formula is C7H13NSe. The van der Waals surface area contributed by atoms with Crippen LogP contribution in [0.5, 0.6) is 0 Å². The Hall–Kier alpha value is 0.219. The molecule has 0 N–H and O–H groups in total. The summed E-state index contributed by atoms with van der Waals surface area (Å²) < 4.78 is 0. The topological polar surface area (TPSA) is 3.24 Å². The summed E-state index contributed by atoms with van der Waals surface area (Å²) >= 11 is 0.956. The van der Waals surface area contributed by atoms with E-state index in [1.54, 1.807) is 0 Å². The van der Waals surface area contributed by atoms with E-state index in [0.717, 1.165) is 21.5 Å². The Morgan fingerprint density at radius 2 is 2.11 bits per heavy atom. The molecule has 0 spiro atoms. The third kappa shape index (κ3) is 2.53. The van der Waals surface area contributed by atoms with Crippen molar-refractivity contribution < 1.29 is 0 Å². The Bertz CT molecular complexity index is 86.9. The standard InChI is InChI=1S/C7H13NSe/c1-2-3-8-4-6-9-7-5-8/h2H,1,3-7H2. The molecule has 0 bridgehead atoms. The van der Waals surface area contributed by atoms with Gasteiger partial charge in [0.25, 0.3) is 0 Å². The summed E-state index contributed by atoms with van der Waals surface area (Å²) in [6.07, 6.45) is 2.00. The van der Waals surface area contributed by atoms with Crippen molar-refractivity contribution in [3.63, 3.8) is 0 Å². The van der Waals surface area contributed by atoms with Gasteiger partial charge in [0.15, 0.2) is 0 Å². The van der Waals surface area contributed by atoms with Gasteiger partial charge >= 0.3 is 62.8 Å². The van der Waals surface area contributed by atoms with Crippen LogP contribution in [0.2, 0.25) is 10.6 Å². The first kappa shape index (κ1) is 7.33. The molecule has 0 atom stereocenters. The number of hydrogen-bond acceptors (Lipinski definition) is 1. The van der Waals surface area contributed by atoms with Crippen LogP contribution >= 0.6 is 0 Å². The normalized spacial score (nSPS) is 21.8. The predicted molar refractivity (Wildman–Crippen MR) is 42.0 cm³/mol. The van der Waals surface area contributed by atoms with Crippen LogP contribution in [0.4, 0.5) is 0 Å². The molecule has 0 aromatic carbocycles. The van der Waals surface area contributed by atoms with Gasteiger partial charge in [0.1, 0.15) is 0 Å². The average molecular weight is 190 g/mol. The molecule has 0 radical (unpaired) electrons. The molecule has 0 saturated carbocycles. The van der Waals surface area contributed by atoms with E-state index >= 15 is 0 Å². The van der Waals surface area contributed by atoms with Gasteiger partial charge in [-0.15, -0.1) is 0 Å². The summed E-state index contributed by atoms with van der Waals surface area (Å²) in [6, 6.07) is 0. The summed E-state index contributed by atoms with van der Waals surface area (Å²) in [4.78, 5) is 2.47. The molecule has 2 heteroatoms. The molecule has 1 rings (SSSR count). The van der Waals surface area contributed by atoms with E-state index in [9.17, 15) is 0 Å². The molecule has 0 aliphatic carbocycles. The molecule has 1 nitrogen and oxygen atoms in total. The Balaban J connectivity index is 2.15. The van der Waals surface area contributed by atoms with Gasteiger partial charge in [0.2, 0.25) is 0 Å². The first-order valence-electron chi connectivity index (χ1n) is 3.34. The van der Waals surface area contributed by atoms with E-state index in [1.807, 2.05) is 6.08 Å². The molecule has 0 amide bonds. The van der Waals surface area contributed by atoms with Crippen LogP contribution in [0.25, 0.3) is 0 Å². The summed E-state index contributed by atoms with van der Waals surface area (Å²) in [6.45, 7) is 7.43. The monoisotopic (exact) mass is 191 g/mol. The van der Waals surface area contributed by atoms with E-state index in [0.29, 0.717) is 0 Å². The maximum absolute atomic E-state index is 3.72. The molecular weight excluding hydrogens is 177 g/mol. The van der Waals surface area contributed by atoms with Gasteiger partial charge < -0.3 is 0 Å². The second-order valence-corrected chi connectivity index (χ2v) is 4.77. The van der Waals surface area contributed by atoms with Crippen LogP contribution in [-0.2, 0) is 0 Å². The van der Waals surface area contributed by atoms with Crippen LogP contribution in [0.15, 0.2) is 12.7 Å². The summed E-state index contributed by atoms with van der Waals surface area (Å²) in [5.41, 5.74) is 0. The van der Waals surface area contributed by atoms with Crippen LogP contribution < -0.4 is 0 Å². The number of nitrogens with zero attached hydrogens (tertiary/aromatic N) is 1. The third-order valence-corrected chi connectivity index (χ3v) is 3.47. The summed E-state index contributed by atoms with van der Waals surface area (Å²) in [5, 5.41) is 2.89. The van der Waals surface area contributed by atoms with E-state index in [-0.39, 0.29) is 0 Å². The quantitative estimate of drug-likeness (QED) is 0.464. The van der Waals surface area contributed by atoms with Crippen molar-refractivity contribution in [3.05, 3.63) is 12.7 Å². The van der Waals surface area contributed by atoms with Gasteiger partial charge in [0.05, 0.1) is 0 Å². The van der Waals surface area contributed by atoms with Gasteiger partial charge in [0, 0.05) is 0 Å². The number of rotatable bonds is 2. The van der Waals surface area contributed by atoms with Gasteiger partial charge in [-0.3, -0.25) is 0 Å². The van der Waals surface area contributed by atoms with E-state index in [2.05, 4.69) is 11.5 Å². The Kier molecular flexibility index (Phi) is 3.34. The minimum atomic E-state index is 0.956. The second-order valence-electron chi connectivity index (χ2n) is 2.20. The molecule has 0 aromatic heterocycles. The van der Waals surface area contributed by atoms with Crippen molar-refractivity contribution in [1.29, 1.82) is 0 Å². The van der Waals surface area contributed by atoms with Gasteiger partial charge in [-0.25, -0.2) is 0 Å². The fraction of sp³-hybridized carbons (Fsp3) is 0.714. The van der Waals surface area contributed by atoms with Gasteiger partial charge in [-0.2, -0.15) is 0 Å². The fourth-order valence-electron chi connectivity index (χ4n) is 0.966. The molecule has 0 aromatic rings. The van der Waals surface area contributed by atoms with Crippen LogP contribution in [-0.4, -0.2) is 39.5 Å². The van der Waals surface area contributed by atoms with Crippen molar-refractivity contribution in [1.82, 2.24) is 4.90 Å². The van der Waals surface area contributed by atoms with Crippen molar-refractivity contribution in [2.24, 2.45) is 0 Å². The molecule has 1 saturated heterocycles. The van der Waals surface area contributed by atoms with E-state index in [4.69, 9.17) is 0 Å². The first-order valence-corrected chi connectivity index (χ1v) is 5.77. The second kappa shape index (κ2) is 4.10. The van der Waals surface area contributed by atoms with Crippen molar-refractivity contribution >= 4 is 15.0 Å². The Morgan fingerprint density at radius 1 is 1.44 bits per heavy atom. The summed E-state index contributed by atoms with van der Waals surface area (Å²) in [5.74, 6) is 0. The molecule has 1 aliphatic rings. The van der Waals surface area contributed by atoms with Crippen molar-refractivity contribution in [3.8, 4) is 0 Å². The number of hydrogen-bond donors (Lipinski definition) is 0. The average Bonchev–Trinajstić information content (AvgIpc) is 1.91. The first-order chi connectivity index (χ1) is 4.43. The fourth-order valence-corrected chi connectivity index (χ4v) is 3.02. The SMILES string of the molecule is C=CCN1CC[Se]CC1. The predicted octanol–water partition coefficient (Wildman–Crippen LogP) is 1.03. The molecule has 0 unspecified atom stereocenters. The molecule has 52 valence electrons. The van der Waals surface area contributed by atoms with E-state index < -0.39 is 0 Å². The molecule has 1 aliphatic heterocycles. The zero-order valence-electron chi connectivity index (χ0n) is 5.68. The maximum atomic E-state index is 3.72. The zero-order valence-corrected chi connectivity index (χ0v) is 7.39. The van der Waals surface area contributed by atoms with E-state index in [1.165, 1.54) is 23.7 Å². The molecule has 1 fully saturated rings. The summed E-state index contributed by atoms with van der Waals surface area (Å²) in [7, 11) is 0. The molecule has 9 heavy (non-hydrogen) atoms. The minimum absolute atomic E-state index is 0.956. The third-order valence-electron chi connectivity index (χ3n) is 1.49. The zero-order chi connectivity index (χ0) is 6.53. The Morgan fingerprint density at radius 3 is 2.67 bits per heavy atom. The van der Waals surface area contributed by atoms with Crippen molar-refractivity contribution in [2.45, 2.75) is 10.6 Å². The Labute approximate surface area is 63.3 Å². The van der Waals surface area contributed by atoms with Crippen LogP contribution in [0.3, 0.4) is 0 Å². The van der Waals surface area contributed by atoms with Crippen LogP contribution in [0.1, 0.15) is 0 Å². The van der Waals surface area contributed by atoms with Gasteiger partial charge in [-0.1, -0.05) is 0 Å². The van der Waals surface area contributed by atoms with Gasteiger partial charge in [-0.05, 0) is 0 Å².